The van der Waals surface area contributed by atoms with Crippen molar-refractivity contribution >= 4 is 5.97 Å². The van der Waals surface area contributed by atoms with Crippen LogP contribution in [-0.2, 0) is 0 Å². The van der Waals surface area contributed by atoms with Crippen LogP contribution in [-0.4, -0.2) is 16.2 Å². The molecule has 0 spiro atoms. The summed E-state index contributed by atoms with van der Waals surface area (Å²) >= 11 is 0. The van der Waals surface area contributed by atoms with Crippen molar-refractivity contribution in [2.75, 3.05) is 0 Å². The van der Waals surface area contributed by atoms with Gasteiger partial charge in [-0.2, -0.15) is 0 Å². The van der Waals surface area contributed by atoms with Crippen molar-refractivity contribution < 1.29 is 18.8 Å². The molecule has 0 fully saturated rings. The Balaban J connectivity index is 2.54. The second-order valence-electron chi connectivity index (χ2n) is 3.34. The summed E-state index contributed by atoms with van der Waals surface area (Å²) in [4.78, 5) is 10.8. The largest absolute Gasteiger partial charge is 0.477 e. The number of hydrogen-bond acceptors (Lipinski definition) is 3. The van der Waals surface area contributed by atoms with Crippen molar-refractivity contribution in [1.82, 2.24) is 5.16 Å². The van der Waals surface area contributed by atoms with Crippen LogP contribution in [0, 0.1) is 12.7 Å². The maximum absolute atomic E-state index is 13.0. The number of aromatic nitrogens is 1. The van der Waals surface area contributed by atoms with Gasteiger partial charge in [-0.05, 0) is 30.7 Å². The van der Waals surface area contributed by atoms with Gasteiger partial charge in [-0.1, -0.05) is 5.16 Å². The molecule has 1 aromatic carbocycles. The minimum Gasteiger partial charge on any atom is -0.477 e. The molecule has 82 valence electrons. The van der Waals surface area contributed by atoms with Crippen LogP contribution in [0.3, 0.4) is 0 Å². The third-order valence-electron chi connectivity index (χ3n) is 2.22. The van der Waals surface area contributed by atoms with E-state index in [-0.39, 0.29) is 17.1 Å². The summed E-state index contributed by atoms with van der Waals surface area (Å²) in [6.45, 7) is 1.59. The molecule has 0 amide bonds. The second kappa shape index (κ2) is 3.77. The van der Waals surface area contributed by atoms with Gasteiger partial charge >= 0.3 is 5.97 Å². The minimum atomic E-state index is -1.13. The number of carboxylic acid groups (broad SMARTS) is 1. The van der Waals surface area contributed by atoms with Crippen LogP contribution in [0.1, 0.15) is 15.9 Å². The topological polar surface area (TPSA) is 63.3 Å². The summed E-state index contributed by atoms with van der Waals surface area (Å²) in [5.74, 6) is -1.34. The Morgan fingerprint density at radius 1 is 1.50 bits per heavy atom. The molecule has 1 aromatic heterocycles. The molecule has 0 unspecified atom stereocenters. The van der Waals surface area contributed by atoms with Crippen LogP contribution < -0.4 is 0 Å². The van der Waals surface area contributed by atoms with Gasteiger partial charge in [0.05, 0.1) is 6.20 Å². The van der Waals surface area contributed by atoms with Gasteiger partial charge in [0.1, 0.15) is 11.4 Å². The lowest BCUT2D eigenvalue weighted by atomic mass is 10.1. The first-order valence-corrected chi connectivity index (χ1v) is 4.54. The van der Waals surface area contributed by atoms with E-state index in [9.17, 15) is 9.18 Å². The average molecular weight is 221 g/mol. The lowest BCUT2D eigenvalue weighted by Gasteiger charge is -2.00. The lowest BCUT2D eigenvalue weighted by Crippen LogP contribution is -1.96. The highest BCUT2D eigenvalue weighted by molar-refractivity contribution is 5.93. The number of rotatable bonds is 2. The molecule has 0 saturated carbocycles. The highest BCUT2D eigenvalue weighted by Crippen LogP contribution is 2.25. The van der Waals surface area contributed by atoms with E-state index in [1.807, 2.05) is 0 Å². The van der Waals surface area contributed by atoms with E-state index in [0.29, 0.717) is 11.1 Å². The van der Waals surface area contributed by atoms with Crippen LogP contribution in [0.2, 0.25) is 0 Å². The molecule has 2 aromatic rings. The van der Waals surface area contributed by atoms with Gasteiger partial charge in [-0.3, -0.25) is 0 Å². The van der Waals surface area contributed by atoms with Crippen LogP contribution in [0.15, 0.2) is 28.9 Å². The van der Waals surface area contributed by atoms with Crippen LogP contribution in [0.5, 0.6) is 0 Å². The summed E-state index contributed by atoms with van der Waals surface area (Å²) in [6, 6.07) is 4.23. The maximum Gasteiger partial charge on any atom is 0.341 e. The van der Waals surface area contributed by atoms with Gasteiger partial charge in [0.15, 0.2) is 5.76 Å². The molecule has 16 heavy (non-hydrogen) atoms. The first kappa shape index (κ1) is 10.4. The van der Waals surface area contributed by atoms with E-state index in [2.05, 4.69) is 5.16 Å². The number of carbonyl (C=O) groups is 1. The Bertz CT molecular complexity index is 548. The predicted octanol–water partition coefficient (Wildman–Crippen LogP) is 2.49. The van der Waals surface area contributed by atoms with Gasteiger partial charge in [0.2, 0.25) is 0 Å². The average Bonchev–Trinajstić information content (AvgIpc) is 2.71. The molecular weight excluding hydrogens is 213 g/mol. The van der Waals surface area contributed by atoms with E-state index in [4.69, 9.17) is 9.63 Å². The van der Waals surface area contributed by atoms with Crippen molar-refractivity contribution in [3.8, 4) is 11.3 Å². The summed E-state index contributed by atoms with van der Waals surface area (Å²) in [5, 5.41) is 12.3. The Morgan fingerprint density at radius 3 is 2.88 bits per heavy atom. The first-order valence-electron chi connectivity index (χ1n) is 4.54. The van der Waals surface area contributed by atoms with Crippen molar-refractivity contribution in [3.05, 3.63) is 41.3 Å². The molecule has 0 radical (unpaired) electrons. The van der Waals surface area contributed by atoms with E-state index in [1.54, 1.807) is 6.92 Å². The van der Waals surface area contributed by atoms with Gasteiger partial charge in [-0.25, -0.2) is 9.18 Å². The molecule has 0 aliphatic heterocycles. The third kappa shape index (κ3) is 1.67. The number of halogens is 1. The zero-order chi connectivity index (χ0) is 11.7. The minimum absolute atomic E-state index is 0.0361. The molecule has 1 heterocycles. The molecule has 1 N–H and O–H groups in total. The Kier molecular flexibility index (Phi) is 2.44. The third-order valence-corrected chi connectivity index (χ3v) is 2.22. The number of benzene rings is 1. The normalized spacial score (nSPS) is 10.4. The Hall–Kier alpha value is -2.17. The molecule has 4 nitrogen and oxygen atoms in total. The Morgan fingerprint density at radius 2 is 2.25 bits per heavy atom. The molecule has 2 rings (SSSR count). The van der Waals surface area contributed by atoms with E-state index < -0.39 is 5.97 Å². The van der Waals surface area contributed by atoms with Crippen molar-refractivity contribution in [2.24, 2.45) is 0 Å². The highest BCUT2D eigenvalue weighted by atomic mass is 19.1. The maximum atomic E-state index is 13.0. The predicted molar refractivity (Wildman–Crippen MR) is 53.6 cm³/mol. The summed E-state index contributed by atoms with van der Waals surface area (Å²) in [7, 11) is 0. The number of aryl methyl sites for hydroxylation is 1. The molecule has 0 atom stereocenters. The molecule has 0 aliphatic carbocycles. The van der Waals surface area contributed by atoms with E-state index in [0.717, 1.165) is 6.20 Å². The molecule has 0 bridgehead atoms. The number of hydrogen-bond donors (Lipinski definition) is 1. The quantitative estimate of drug-likeness (QED) is 0.846. The zero-order valence-electron chi connectivity index (χ0n) is 8.40. The van der Waals surface area contributed by atoms with Crippen molar-refractivity contribution in [3.63, 3.8) is 0 Å². The highest BCUT2D eigenvalue weighted by Gasteiger charge is 2.17. The monoisotopic (exact) mass is 221 g/mol. The fourth-order valence-electron chi connectivity index (χ4n) is 1.39. The lowest BCUT2D eigenvalue weighted by molar-refractivity contribution is 0.0697. The molecule has 0 aliphatic rings. The molecular formula is C11H8FNO3. The van der Waals surface area contributed by atoms with Crippen molar-refractivity contribution in [2.45, 2.75) is 6.92 Å². The number of nitrogens with zero attached hydrogens (tertiary/aromatic N) is 1. The van der Waals surface area contributed by atoms with Crippen molar-refractivity contribution in [1.29, 1.82) is 0 Å². The van der Waals surface area contributed by atoms with Crippen LogP contribution >= 0.6 is 0 Å². The Labute approximate surface area is 90.3 Å². The molecule has 0 saturated heterocycles. The SMILES string of the molecule is Cc1cc(-c2oncc2C(=O)O)ccc1F. The zero-order valence-corrected chi connectivity index (χ0v) is 8.40. The summed E-state index contributed by atoms with van der Waals surface area (Å²) in [6.07, 6.45) is 1.12. The smallest absolute Gasteiger partial charge is 0.341 e. The first-order chi connectivity index (χ1) is 7.59. The summed E-state index contributed by atoms with van der Waals surface area (Å²) in [5.41, 5.74) is 0.880. The fourth-order valence-corrected chi connectivity index (χ4v) is 1.39. The number of aromatic carboxylic acids is 1. The van der Waals surface area contributed by atoms with Gasteiger partial charge in [0, 0.05) is 5.56 Å². The standard InChI is InChI=1S/C11H8FNO3/c1-6-4-7(2-3-9(6)12)10-8(11(14)15)5-13-16-10/h2-5H,1H3,(H,14,15). The second-order valence-corrected chi connectivity index (χ2v) is 3.34. The van der Waals surface area contributed by atoms with Crippen LogP contribution in [0.25, 0.3) is 11.3 Å². The van der Waals surface area contributed by atoms with E-state index >= 15 is 0 Å². The number of carboxylic acids is 1. The fraction of sp³-hybridized carbons (Fsp3) is 0.0909. The van der Waals surface area contributed by atoms with Crippen LogP contribution in [0.4, 0.5) is 4.39 Å². The van der Waals surface area contributed by atoms with E-state index in [1.165, 1.54) is 18.2 Å². The van der Waals surface area contributed by atoms with Gasteiger partial charge in [-0.15, -0.1) is 0 Å². The van der Waals surface area contributed by atoms with Gasteiger partial charge in [0.25, 0.3) is 0 Å². The molecule has 5 heteroatoms. The van der Waals surface area contributed by atoms with Gasteiger partial charge < -0.3 is 9.63 Å². The summed E-state index contributed by atoms with van der Waals surface area (Å²) < 4.78 is 17.9.